The lowest BCUT2D eigenvalue weighted by Gasteiger charge is -2.45. The summed E-state index contributed by atoms with van der Waals surface area (Å²) >= 11 is 0. The van der Waals surface area contributed by atoms with Crippen LogP contribution in [0.25, 0.3) is 0 Å². The van der Waals surface area contributed by atoms with Crippen LogP contribution in [0.3, 0.4) is 0 Å². The molecule has 0 aromatic carbocycles. The van der Waals surface area contributed by atoms with Crippen molar-refractivity contribution in [1.82, 2.24) is 9.88 Å². The Morgan fingerprint density at radius 2 is 2.24 bits per heavy atom. The number of fused-ring (bicyclic) bond motifs is 1. The topological polar surface area (TPSA) is 67.6 Å². The zero-order chi connectivity index (χ0) is 17.2. The van der Waals surface area contributed by atoms with Crippen molar-refractivity contribution in [2.24, 2.45) is 5.92 Å². The molecule has 2 aromatic rings. The summed E-state index contributed by atoms with van der Waals surface area (Å²) in [4.78, 5) is 19.1. The minimum Gasteiger partial charge on any atom is -0.459 e. The summed E-state index contributed by atoms with van der Waals surface area (Å²) in [7, 11) is 0. The third-order valence-corrected chi connectivity index (χ3v) is 5.10. The molecule has 0 radical (unpaired) electrons. The van der Waals surface area contributed by atoms with Gasteiger partial charge in [-0.15, -0.1) is 0 Å². The number of carbonyl (C=O) groups excluding carboxylic acids is 1. The average Bonchev–Trinajstić information content (AvgIpc) is 3.08. The van der Waals surface area contributed by atoms with Gasteiger partial charge in [-0.05, 0) is 38.0 Å². The fraction of sp³-hybridized carbons (Fsp3) is 0.474. The summed E-state index contributed by atoms with van der Waals surface area (Å²) < 4.78 is 11.5. The van der Waals surface area contributed by atoms with Crippen LogP contribution in [0.1, 0.15) is 29.0 Å². The maximum absolute atomic E-state index is 12.9. The van der Waals surface area contributed by atoms with Crippen LogP contribution < -0.4 is 5.32 Å². The second-order valence-electron chi connectivity index (χ2n) is 6.85. The molecule has 0 spiro atoms. The van der Waals surface area contributed by atoms with E-state index in [0.29, 0.717) is 24.8 Å². The van der Waals surface area contributed by atoms with E-state index in [0.717, 1.165) is 30.8 Å². The molecule has 132 valence electrons. The van der Waals surface area contributed by atoms with E-state index in [1.807, 2.05) is 36.1 Å². The number of hydrogen-bond acceptors (Lipinski definition) is 5. The molecule has 2 saturated heterocycles. The lowest BCUT2D eigenvalue weighted by Crippen LogP contribution is -2.59. The molecule has 6 nitrogen and oxygen atoms in total. The number of carbonyl (C=O) groups is 1. The van der Waals surface area contributed by atoms with E-state index >= 15 is 0 Å². The van der Waals surface area contributed by atoms with E-state index in [4.69, 9.17) is 9.15 Å². The molecule has 6 heteroatoms. The largest absolute Gasteiger partial charge is 0.459 e. The Hall–Kier alpha value is -2.34. The van der Waals surface area contributed by atoms with Gasteiger partial charge in [0.1, 0.15) is 5.82 Å². The van der Waals surface area contributed by atoms with Crippen molar-refractivity contribution in [3.05, 3.63) is 48.0 Å². The summed E-state index contributed by atoms with van der Waals surface area (Å²) in [5.74, 6) is 1.54. The van der Waals surface area contributed by atoms with Crippen molar-refractivity contribution >= 4 is 11.7 Å². The molecule has 1 amide bonds. The van der Waals surface area contributed by atoms with Crippen molar-refractivity contribution in [2.45, 2.75) is 31.9 Å². The van der Waals surface area contributed by atoms with Gasteiger partial charge in [0, 0.05) is 37.4 Å². The number of hydrogen-bond donors (Lipinski definition) is 1. The van der Waals surface area contributed by atoms with Gasteiger partial charge in [0.25, 0.3) is 5.91 Å². The fourth-order valence-electron chi connectivity index (χ4n) is 3.87. The van der Waals surface area contributed by atoms with Gasteiger partial charge < -0.3 is 19.4 Å². The summed E-state index contributed by atoms with van der Waals surface area (Å²) in [5, 5.41) is 3.46. The molecule has 4 rings (SSSR count). The molecule has 1 N–H and O–H groups in total. The highest BCUT2D eigenvalue weighted by Crippen LogP contribution is 2.31. The molecule has 2 aliphatic heterocycles. The molecule has 4 heterocycles. The Morgan fingerprint density at radius 1 is 1.32 bits per heavy atom. The van der Waals surface area contributed by atoms with Crippen LogP contribution in [-0.2, 0) is 4.74 Å². The number of anilines is 1. The third kappa shape index (κ3) is 3.26. The molecular formula is C19H23N3O3. The highest BCUT2D eigenvalue weighted by molar-refractivity contribution is 5.93. The summed E-state index contributed by atoms with van der Waals surface area (Å²) in [5.41, 5.74) is 0.876. The van der Waals surface area contributed by atoms with E-state index in [2.05, 4.69) is 10.3 Å². The number of nitrogens with one attached hydrogen (secondary N) is 1. The average molecular weight is 341 g/mol. The predicted octanol–water partition coefficient (Wildman–Crippen LogP) is 2.71. The second kappa shape index (κ2) is 6.88. The first-order chi connectivity index (χ1) is 12.2. The van der Waals surface area contributed by atoms with Crippen molar-refractivity contribution in [2.75, 3.05) is 25.0 Å². The van der Waals surface area contributed by atoms with Gasteiger partial charge in [0.05, 0.1) is 18.4 Å². The lowest BCUT2D eigenvalue weighted by molar-refractivity contribution is -0.0679. The highest BCUT2D eigenvalue weighted by Gasteiger charge is 2.41. The van der Waals surface area contributed by atoms with Gasteiger partial charge in [-0.25, -0.2) is 4.98 Å². The minimum absolute atomic E-state index is 0.0215. The Balaban J connectivity index is 1.56. The Kier molecular flexibility index (Phi) is 4.44. The molecule has 0 unspecified atom stereocenters. The zero-order valence-electron chi connectivity index (χ0n) is 14.4. The molecule has 2 aliphatic rings. The number of piperidine rings is 1. The van der Waals surface area contributed by atoms with Crippen LogP contribution in [0, 0.1) is 12.8 Å². The molecule has 2 aromatic heterocycles. The van der Waals surface area contributed by atoms with Gasteiger partial charge in [-0.2, -0.15) is 0 Å². The van der Waals surface area contributed by atoms with Crippen LogP contribution in [-0.4, -0.2) is 47.6 Å². The first kappa shape index (κ1) is 16.1. The summed E-state index contributed by atoms with van der Waals surface area (Å²) in [6, 6.07) is 7.63. The van der Waals surface area contributed by atoms with E-state index in [9.17, 15) is 4.79 Å². The first-order valence-electron chi connectivity index (χ1n) is 8.85. The van der Waals surface area contributed by atoms with Crippen LogP contribution in [0.4, 0.5) is 5.82 Å². The zero-order valence-corrected chi connectivity index (χ0v) is 14.4. The first-order valence-corrected chi connectivity index (χ1v) is 8.85. The molecule has 0 saturated carbocycles. The monoisotopic (exact) mass is 341 g/mol. The van der Waals surface area contributed by atoms with Gasteiger partial charge in [0.2, 0.25) is 0 Å². The fourth-order valence-corrected chi connectivity index (χ4v) is 3.87. The van der Waals surface area contributed by atoms with Crippen molar-refractivity contribution < 1.29 is 13.9 Å². The SMILES string of the molecule is Cc1ccoc1C(=O)N1C[C@@H]2CCCO[C@@H]2[C@H](Nc2ccccn2)C1. The van der Waals surface area contributed by atoms with Gasteiger partial charge in [-0.1, -0.05) is 6.07 Å². The molecule has 0 bridgehead atoms. The van der Waals surface area contributed by atoms with E-state index in [-0.39, 0.29) is 18.1 Å². The van der Waals surface area contributed by atoms with Crippen LogP contribution in [0.5, 0.6) is 0 Å². The van der Waals surface area contributed by atoms with Crippen molar-refractivity contribution in [1.29, 1.82) is 0 Å². The summed E-state index contributed by atoms with van der Waals surface area (Å²) in [6.07, 6.45) is 5.56. The van der Waals surface area contributed by atoms with Crippen LogP contribution in [0.2, 0.25) is 0 Å². The maximum atomic E-state index is 12.9. The number of nitrogens with zero attached hydrogens (tertiary/aromatic N) is 2. The maximum Gasteiger partial charge on any atom is 0.289 e. The molecule has 2 fully saturated rings. The standard InChI is InChI=1S/C19H23N3O3/c1-13-7-10-25-17(13)19(23)22-11-14-5-4-9-24-18(14)15(12-22)21-16-6-2-3-8-20-16/h2-3,6-8,10,14-15,18H,4-5,9,11-12H2,1H3,(H,20,21)/t14-,15+,18-/m0/s1. The Bertz CT molecular complexity index is 731. The third-order valence-electron chi connectivity index (χ3n) is 5.10. The number of aromatic nitrogens is 1. The van der Waals surface area contributed by atoms with Crippen molar-refractivity contribution in [3.63, 3.8) is 0 Å². The normalized spacial score (nSPS) is 26.1. The number of furan rings is 1. The molecule has 0 aliphatic carbocycles. The minimum atomic E-state index is -0.0423. The van der Waals surface area contributed by atoms with E-state index in [1.54, 1.807) is 12.5 Å². The van der Waals surface area contributed by atoms with E-state index < -0.39 is 0 Å². The second-order valence-corrected chi connectivity index (χ2v) is 6.85. The predicted molar refractivity (Wildman–Crippen MR) is 93.5 cm³/mol. The molecule has 3 atom stereocenters. The smallest absolute Gasteiger partial charge is 0.289 e. The number of amides is 1. The Morgan fingerprint density at radius 3 is 3.00 bits per heavy atom. The number of likely N-dealkylation sites (tertiary alicyclic amines) is 1. The molecular weight excluding hydrogens is 318 g/mol. The summed E-state index contributed by atoms with van der Waals surface area (Å²) in [6.45, 7) is 3.98. The number of pyridine rings is 1. The van der Waals surface area contributed by atoms with Crippen molar-refractivity contribution in [3.8, 4) is 0 Å². The van der Waals surface area contributed by atoms with Gasteiger partial charge >= 0.3 is 0 Å². The number of rotatable bonds is 3. The molecule has 25 heavy (non-hydrogen) atoms. The Labute approximate surface area is 147 Å². The number of aryl methyl sites for hydroxylation is 1. The van der Waals surface area contributed by atoms with Gasteiger partial charge in [-0.3, -0.25) is 4.79 Å². The number of ether oxygens (including phenoxy) is 1. The quantitative estimate of drug-likeness (QED) is 0.930. The van der Waals surface area contributed by atoms with Gasteiger partial charge in [0.15, 0.2) is 5.76 Å². The lowest BCUT2D eigenvalue weighted by atomic mass is 9.85. The highest BCUT2D eigenvalue weighted by atomic mass is 16.5. The van der Waals surface area contributed by atoms with Crippen LogP contribution in [0.15, 0.2) is 41.1 Å². The van der Waals surface area contributed by atoms with E-state index in [1.165, 1.54) is 0 Å². The van der Waals surface area contributed by atoms with Crippen LogP contribution >= 0.6 is 0 Å².